The number of nitrogen functional groups attached to an aromatic ring is 1. The van der Waals surface area contributed by atoms with E-state index in [9.17, 15) is 0 Å². The van der Waals surface area contributed by atoms with Crippen molar-refractivity contribution in [2.24, 2.45) is 0 Å². The maximum Gasteiger partial charge on any atom is 0.0400 e. The molecule has 2 N–H and O–H groups in total. The lowest BCUT2D eigenvalue weighted by Gasteiger charge is -2.15. The molecule has 0 aromatic heterocycles. The summed E-state index contributed by atoms with van der Waals surface area (Å²) >= 11 is 3.72. The molecule has 0 atom stereocenters. The molecule has 0 bridgehead atoms. The highest BCUT2D eigenvalue weighted by Crippen LogP contribution is 2.42. The molecule has 4 aromatic carbocycles. The zero-order chi connectivity index (χ0) is 15.1. The fourth-order valence-electron chi connectivity index (χ4n) is 3.07. The molecular weight excluding hydrogens is 334 g/mol. The molecule has 0 spiro atoms. The molecule has 0 radical (unpaired) electrons. The Morgan fingerprint density at radius 1 is 0.591 bits per heavy atom. The number of nitrogens with two attached hydrogens (primary N) is 1. The average Bonchev–Trinajstić information content (AvgIpc) is 2.56. The molecule has 1 nitrogen and oxygen atoms in total. The molecule has 22 heavy (non-hydrogen) atoms. The Hall–Kier alpha value is -2.32. The Morgan fingerprint density at radius 3 is 1.82 bits per heavy atom. The van der Waals surface area contributed by atoms with Gasteiger partial charge >= 0.3 is 0 Å². The molecule has 0 aliphatic heterocycles. The summed E-state index contributed by atoms with van der Waals surface area (Å²) in [5.41, 5.74) is 9.42. The van der Waals surface area contributed by atoms with Crippen LogP contribution in [0.1, 0.15) is 0 Å². The molecule has 0 amide bonds. The van der Waals surface area contributed by atoms with E-state index in [-0.39, 0.29) is 0 Å². The Morgan fingerprint density at radius 2 is 1.14 bits per heavy atom. The maximum absolute atomic E-state index is 6.36. The van der Waals surface area contributed by atoms with Gasteiger partial charge in [0.2, 0.25) is 0 Å². The van der Waals surface area contributed by atoms with E-state index in [2.05, 4.69) is 82.7 Å². The van der Waals surface area contributed by atoms with Crippen LogP contribution in [-0.2, 0) is 0 Å². The molecule has 4 rings (SSSR count). The second-order valence-corrected chi connectivity index (χ2v) is 6.25. The summed E-state index contributed by atoms with van der Waals surface area (Å²) < 4.78 is 1.06. The Kier molecular flexibility index (Phi) is 3.12. The average molecular weight is 348 g/mol. The lowest BCUT2D eigenvalue weighted by atomic mass is 9.92. The SMILES string of the molecule is Nc1ccc2ccccc2c1-c1c(Br)ccc2ccccc12. The fourth-order valence-corrected chi connectivity index (χ4v) is 3.61. The quantitative estimate of drug-likeness (QED) is 0.419. The van der Waals surface area contributed by atoms with Gasteiger partial charge in [-0.05, 0) is 33.7 Å². The minimum absolute atomic E-state index is 0.802. The van der Waals surface area contributed by atoms with Gasteiger partial charge in [-0.15, -0.1) is 0 Å². The monoisotopic (exact) mass is 347 g/mol. The van der Waals surface area contributed by atoms with Crippen molar-refractivity contribution < 1.29 is 0 Å². The summed E-state index contributed by atoms with van der Waals surface area (Å²) in [5.74, 6) is 0. The van der Waals surface area contributed by atoms with Crippen LogP contribution in [0.4, 0.5) is 5.69 Å². The minimum atomic E-state index is 0.802. The van der Waals surface area contributed by atoms with Crippen molar-refractivity contribution in [2.75, 3.05) is 5.73 Å². The topological polar surface area (TPSA) is 26.0 Å². The van der Waals surface area contributed by atoms with Gasteiger partial charge in [-0.25, -0.2) is 0 Å². The van der Waals surface area contributed by atoms with Crippen LogP contribution in [0.2, 0.25) is 0 Å². The highest BCUT2D eigenvalue weighted by molar-refractivity contribution is 9.10. The van der Waals surface area contributed by atoms with E-state index < -0.39 is 0 Å². The van der Waals surface area contributed by atoms with Gasteiger partial charge in [-0.2, -0.15) is 0 Å². The van der Waals surface area contributed by atoms with E-state index in [0.717, 1.165) is 21.3 Å². The number of hydrogen-bond acceptors (Lipinski definition) is 1. The van der Waals surface area contributed by atoms with Crippen molar-refractivity contribution in [3.8, 4) is 11.1 Å². The van der Waals surface area contributed by atoms with Crippen molar-refractivity contribution in [2.45, 2.75) is 0 Å². The normalized spacial score (nSPS) is 11.1. The first-order chi connectivity index (χ1) is 10.8. The maximum atomic E-state index is 6.36. The third kappa shape index (κ3) is 1.99. The van der Waals surface area contributed by atoms with Crippen molar-refractivity contribution in [3.63, 3.8) is 0 Å². The molecule has 0 unspecified atom stereocenters. The lowest BCUT2D eigenvalue weighted by Crippen LogP contribution is -1.93. The van der Waals surface area contributed by atoms with E-state index in [4.69, 9.17) is 5.73 Å². The molecule has 0 saturated carbocycles. The van der Waals surface area contributed by atoms with Gasteiger partial charge in [-0.3, -0.25) is 0 Å². The number of anilines is 1. The van der Waals surface area contributed by atoms with Crippen molar-refractivity contribution in [1.29, 1.82) is 0 Å². The second kappa shape index (κ2) is 5.15. The first-order valence-corrected chi connectivity index (χ1v) is 8.00. The molecule has 0 saturated heterocycles. The van der Waals surface area contributed by atoms with Gasteiger partial charge in [0.15, 0.2) is 0 Å². The number of rotatable bonds is 1. The largest absolute Gasteiger partial charge is 0.398 e. The predicted octanol–water partition coefficient (Wildman–Crippen LogP) is 6.00. The van der Waals surface area contributed by atoms with E-state index in [0.29, 0.717) is 0 Å². The van der Waals surface area contributed by atoms with Gasteiger partial charge in [0.1, 0.15) is 0 Å². The standard InChI is InChI=1S/C20H14BrN/c21-17-11-9-13-5-1-3-7-15(13)19(17)20-16-8-4-2-6-14(16)10-12-18(20)22/h1-12H,22H2. The second-order valence-electron chi connectivity index (χ2n) is 5.39. The zero-order valence-electron chi connectivity index (χ0n) is 11.9. The Balaban J connectivity index is 2.21. The first-order valence-electron chi connectivity index (χ1n) is 7.20. The predicted molar refractivity (Wildman–Crippen MR) is 99.0 cm³/mol. The van der Waals surface area contributed by atoms with Crippen LogP contribution in [0.25, 0.3) is 32.7 Å². The lowest BCUT2D eigenvalue weighted by molar-refractivity contribution is 1.64. The molecule has 0 fully saturated rings. The first kappa shape index (κ1) is 13.4. The summed E-state index contributed by atoms with van der Waals surface area (Å²) in [7, 11) is 0. The van der Waals surface area contributed by atoms with Gasteiger partial charge < -0.3 is 5.73 Å². The molecular formula is C20H14BrN. The minimum Gasteiger partial charge on any atom is -0.398 e. The molecule has 2 heteroatoms. The van der Waals surface area contributed by atoms with Gasteiger partial charge in [-0.1, -0.05) is 76.6 Å². The summed E-state index contributed by atoms with van der Waals surface area (Å²) in [6, 6.07) is 25.1. The van der Waals surface area contributed by atoms with Crippen LogP contribution in [0.3, 0.4) is 0 Å². The van der Waals surface area contributed by atoms with Crippen molar-refractivity contribution >= 4 is 43.2 Å². The highest BCUT2D eigenvalue weighted by atomic mass is 79.9. The molecule has 0 aliphatic rings. The van der Waals surface area contributed by atoms with E-state index >= 15 is 0 Å². The molecule has 106 valence electrons. The number of hydrogen-bond donors (Lipinski definition) is 1. The van der Waals surface area contributed by atoms with Gasteiger partial charge in [0.05, 0.1) is 0 Å². The summed E-state index contributed by atoms with van der Waals surface area (Å²) in [6.07, 6.45) is 0. The van der Waals surface area contributed by atoms with E-state index in [1.807, 2.05) is 6.07 Å². The Labute approximate surface area is 137 Å². The van der Waals surface area contributed by atoms with E-state index in [1.165, 1.54) is 21.5 Å². The van der Waals surface area contributed by atoms with Crippen molar-refractivity contribution in [1.82, 2.24) is 0 Å². The third-order valence-electron chi connectivity index (χ3n) is 4.09. The Bertz CT molecular complexity index is 922. The third-order valence-corrected chi connectivity index (χ3v) is 4.75. The van der Waals surface area contributed by atoms with Crippen LogP contribution < -0.4 is 5.73 Å². The van der Waals surface area contributed by atoms with Crippen LogP contribution in [0, 0.1) is 0 Å². The van der Waals surface area contributed by atoms with Gasteiger partial charge in [0.25, 0.3) is 0 Å². The summed E-state index contributed by atoms with van der Waals surface area (Å²) in [6.45, 7) is 0. The highest BCUT2D eigenvalue weighted by Gasteiger charge is 2.14. The number of halogens is 1. The van der Waals surface area contributed by atoms with Crippen LogP contribution in [0.5, 0.6) is 0 Å². The van der Waals surface area contributed by atoms with Crippen molar-refractivity contribution in [3.05, 3.63) is 77.3 Å². The molecule has 0 aliphatic carbocycles. The fraction of sp³-hybridized carbons (Fsp3) is 0. The van der Waals surface area contributed by atoms with Crippen LogP contribution in [-0.4, -0.2) is 0 Å². The summed E-state index contributed by atoms with van der Waals surface area (Å²) in [5, 5.41) is 4.80. The van der Waals surface area contributed by atoms with Crippen LogP contribution in [0.15, 0.2) is 77.3 Å². The number of benzene rings is 4. The molecule has 4 aromatic rings. The van der Waals surface area contributed by atoms with Crippen LogP contribution >= 0.6 is 15.9 Å². The summed E-state index contributed by atoms with van der Waals surface area (Å²) in [4.78, 5) is 0. The number of fused-ring (bicyclic) bond motifs is 2. The van der Waals surface area contributed by atoms with Gasteiger partial charge in [0, 0.05) is 21.3 Å². The molecule has 0 heterocycles. The smallest absolute Gasteiger partial charge is 0.0400 e. The van der Waals surface area contributed by atoms with E-state index in [1.54, 1.807) is 0 Å². The zero-order valence-corrected chi connectivity index (χ0v) is 13.5.